The lowest BCUT2D eigenvalue weighted by Crippen LogP contribution is -1.94. The zero-order chi connectivity index (χ0) is 12.4. The minimum atomic E-state index is -0.484. The van der Waals surface area contributed by atoms with E-state index in [1.807, 2.05) is 31.2 Å². The second-order valence-corrected chi connectivity index (χ2v) is 5.80. The van der Waals surface area contributed by atoms with Gasteiger partial charge in [0.15, 0.2) is 0 Å². The molecule has 90 valence electrons. The number of aryl methyl sites for hydroxylation is 1. The molecular weight excluding hydrogens is 300 g/mol. The van der Waals surface area contributed by atoms with Crippen molar-refractivity contribution in [1.82, 2.24) is 0 Å². The van der Waals surface area contributed by atoms with Crippen molar-refractivity contribution in [2.75, 3.05) is 0 Å². The van der Waals surface area contributed by atoms with Crippen LogP contribution in [0.2, 0.25) is 0 Å². The number of hydrogen-bond acceptors (Lipinski definition) is 3. The molecule has 0 spiro atoms. The molecule has 4 heteroatoms. The van der Waals surface area contributed by atoms with Crippen molar-refractivity contribution in [3.05, 3.63) is 46.3 Å². The first kappa shape index (κ1) is 12.7. The Kier molecular flexibility index (Phi) is 3.97. The fraction of sp³-hybridized carbons (Fsp3) is 0.231. The Bertz CT molecular complexity index is 520. The smallest absolute Gasteiger partial charge is 0.114 e. The van der Waals surface area contributed by atoms with E-state index in [9.17, 15) is 5.11 Å². The lowest BCUT2D eigenvalue weighted by molar-refractivity contribution is 0.196. The molecule has 1 heterocycles. The molecule has 0 aliphatic rings. The highest BCUT2D eigenvalue weighted by Crippen LogP contribution is 2.36. The average molecular weight is 313 g/mol. The second kappa shape index (κ2) is 5.29. The molecule has 1 aromatic heterocycles. The van der Waals surface area contributed by atoms with E-state index >= 15 is 0 Å². The third-order valence-corrected chi connectivity index (χ3v) is 4.18. The van der Waals surface area contributed by atoms with Gasteiger partial charge in [-0.15, -0.1) is 0 Å². The zero-order valence-corrected chi connectivity index (χ0v) is 12.0. The average Bonchev–Trinajstić information content (AvgIpc) is 2.67. The third-order valence-electron chi connectivity index (χ3n) is 2.45. The van der Waals surface area contributed by atoms with Crippen molar-refractivity contribution < 1.29 is 9.52 Å². The standard InChI is InChI=1S/C13H13BrO2S/c1-8(15)11-7-10(14)3-4-13(11)17-12-5-6-16-9(12)2/h3-8,15H,1-2H3. The number of halogens is 1. The van der Waals surface area contributed by atoms with Gasteiger partial charge in [-0.3, -0.25) is 0 Å². The predicted molar refractivity (Wildman–Crippen MR) is 72.3 cm³/mol. The van der Waals surface area contributed by atoms with Crippen LogP contribution in [0.3, 0.4) is 0 Å². The van der Waals surface area contributed by atoms with Crippen molar-refractivity contribution in [2.24, 2.45) is 0 Å². The summed E-state index contributed by atoms with van der Waals surface area (Å²) in [6.45, 7) is 3.71. The summed E-state index contributed by atoms with van der Waals surface area (Å²) >= 11 is 5.03. The lowest BCUT2D eigenvalue weighted by Gasteiger charge is -2.11. The highest BCUT2D eigenvalue weighted by molar-refractivity contribution is 9.10. The zero-order valence-electron chi connectivity index (χ0n) is 9.61. The van der Waals surface area contributed by atoms with Crippen LogP contribution in [0.1, 0.15) is 24.4 Å². The molecule has 0 radical (unpaired) electrons. The quantitative estimate of drug-likeness (QED) is 0.902. The van der Waals surface area contributed by atoms with Gasteiger partial charge in [-0.05, 0) is 43.7 Å². The largest absolute Gasteiger partial charge is 0.468 e. The number of rotatable bonds is 3. The third kappa shape index (κ3) is 2.94. The Morgan fingerprint density at radius 1 is 1.29 bits per heavy atom. The highest BCUT2D eigenvalue weighted by Gasteiger charge is 2.12. The summed E-state index contributed by atoms with van der Waals surface area (Å²) < 4.78 is 6.24. The molecule has 0 bridgehead atoms. The Morgan fingerprint density at radius 2 is 2.06 bits per heavy atom. The van der Waals surface area contributed by atoms with Crippen molar-refractivity contribution in [1.29, 1.82) is 0 Å². The molecule has 0 saturated carbocycles. The highest BCUT2D eigenvalue weighted by atomic mass is 79.9. The molecular formula is C13H13BrO2S. The molecule has 0 fully saturated rings. The molecule has 1 atom stereocenters. The van der Waals surface area contributed by atoms with Gasteiger partial charge >= 0.3 is 0 Å². The van der Waals surface area contributed by atoms with Crippen LogP contribution in [0.15, 0.2) is 49.2 Å². The van der Waals surface area contributed by atoms with E-state index in [2.05, 4.69) is 15.9 Å². The van der Waals surface area contributed by atoms with E-state index in [0.717, 1.165) is 25.6 Å². The molecule has 17 heavy (non-hydrogen) atoms. The Balaban J connectivity index is 2.36. The Morgan fingerprint density at radius 3 is 2.65 bits per heavy atom. The first-order valence-electron chi connectivity index (χ1n) is 5.27. The van der Waals surface area contributed by atoms with Crippen molar-refractivity contribution in [3.63, 3.8) is 0 Å². The molecule has 2 aromatic rings. The molecule has 1 aromatic carbocycles. The number of aliphatic hydroxyl groups is 1. The van der Waals surface area contributed by atoms with Gasteiger partial charge in [0.05, 0.1) is 17.3 Å². The van der Waals surface area contributed by atoms with Crippen LogP contribution in [0.5, 0.6) is 0 Å². The predicted octanol–water partition coefficient (Wildman–Crippen LogP) is 4.56. The van der Waals surface area contributed by atoms with E-state index in [1.54, 1.807) is 24.9 Å². The second-order valence-electron chi connectivity index (χ2n) is 3.80. The van der Waals surface area contributed by atoms with Crippen LogP contribution >= 0.6 is 27.7 Å². The SMILES string of the molecule is Cc1occc1Sc1ccc(Br)cc1C(C)O. The van der Waals surface area contributed by atoms with Crippen LogP contribution in [0, 0.1) is 6.92 Å². The van der Waals surface area contributed by atoms with Gasteiger partial charge in [-0.25, -0.2) is 0 Å². The Labute approximate surface area is 113 Å². The lowest BCUT2D eigenvalue weighted by atomic mass is 10.1. The molecule has 1 unspecified atom stereocenters. The fourth-order valence-electron chi connectivity index (χ4n) is 1.54. The minimum Gasteiger partial charge on any atom is -0.468 e. The maximum absolute atomic E-state index is 9.77. The maximum atomic E-state index is 9.77. The monoisotopic (exact) mass is 312 g/mol. The topological polar surface area (TPSA) is 33.4 Å². The van der Waals surface area contributed by atoms with Crippen LogP contribution in [-0.4, -0.2) is 5.11 Å². The number of hydrogen-bond donors (Lipinski definition) is 1. The van der Waals surface area contributed by atoms with Gasteiger partial charge in [0.25, 0.3) is 0 Å². The van der Waals surface area contributed by atoms with E-state index in [-0.39, 0.29) is 0 Å². The van der Waals surface area contributed by atoms with Gasteiger partial charge in [0, 0.05) is 9.37 Å². The van der Waals surface area contributed by atoms with Crippen LogP contribution in [-0.2, 0) is 0 Å². The summed E-state index contributed by atoms with van der Waals surface area (Å²) in [6, 6.07) is 7.86. The van der Waals surface area contributed by atoms with Gasteiger partial charge in [-0.2, -0.15) is 0 Å². The first-order valence-corrected chi connectivity index (χ1v) is 6.88. The van der Waals surface area contributed by atoms with Gasteiger partial charge < -0.3 is 9.52 Å². The fourth-order valence-corrected chi connectivity index (χ4v) is 2.95. The number of furan rings is 1. The van der Waals surface area contributed by atoms with E-state index < -0.39 is 6.10 Å². The summed E-state index contributed by atoms with van der Waals surface area (Å²) in [5, 5.41) is 9.77. The Hall–Kier alpha value is -0.710. The summed E-state index contributed by atoms with van der Waals surface area (Å²) in [5.74, 6) is 0.898. The van der Waals surface area contributed by atoms with Crippen molar-refractivity contribution in [2.45, 2.75) is 29.7 Å². The number of aliphatic hydroxyl groups excluding tert-OH is 1. The van der Waals surface area contributed by atoms with E-state index in [1.165, 1.54) is 0 Å². The van der Waals surface area contributed by atoms with Crippen molar-refractivity contribution in [3.8, 4) is 0 Å². The summed E-state index contributed by atoms with van der Waals surface area (Å²) in [6.07, 6.45) is 1.20. The summed E-state index contributed by atoms with van der Waals surface area (Å²) in [7, 11) is 0. The van der Waals surface area contributed by atoms with E-state index in [0.29, 0.717) is 0 Å². The molecule has 2 nitrogen and oxygen atoms in total. The molecule has 2 rings (SSSR count). The molecule has 0 amide bonds. The molecule has 0 aliphatic heterocycles. The van der Waals surface area contributed by atoms with Crippen LogP contribution in [0.25, 0.3) is 0 Å². The van der Waals surface area contributed by atoms with Gasteiger partial charge in [0.1, 0.15) is 5.76 Å². The molecule has 0 aliphatic carbocycles. The van der Waals surface area contributed by atoms with Crippen LogP contribution < -0.4 is 0 Å². The van der Waals surface area contributed by atoms with Gasteiger partial charge in [0.2, 0.25) is 0 Å². The molecule has 0 saturated heterocycles. The molecule has 1 N–H and O–H groups in total. The van der Waals surface area contributed by atoms with E-state index in [4.69, 9.17) is 4.42 Å². The van der Waals surface area contributed by atoms with Crippen LogP contribution in [0.4, 0.5) is 0 Å². The van der Waals surface area contributed by atoms with Gasteiger partial charge in [-0.1, -0.05) is 27.7 Å². The summed E-state index contributed by atoms with van der Waals surface area (Å²) in [4.78, 5) is 2.13. The van der Waals surface area contributed by atoms with Crippen molar-refractivity contribution >= 4 is 27.7 Å². The normalized spacial score (nSPS) is 12.7. The number of benzene rings is 1. The first-order chi connectivity index (χ1) is 8.08. The summed E-state index contributed by atoms with van der Waals surface area (Å²) in [5.41, 5.74) is 0.921. The maximum Gasteiger partial charge on any atom is 0.114 e. The minimum absolute atomic E-state index is 0.484.